The van der Waals surface area contributed by atoms with Crippen molar-refractivity contribution < 1.29 is 43.1 Å². The van der Waals surface area contributed by atoms with Gasteiger partial charge in [-0.15, -0.1) is 0 Å². The summed E-state index contributed by atoms with van der Waals surface area (Å²) < 4.78 is 32.1. The highest BCUT2D eigenvalue weighted by atomic mass is 31.2. The Labute approximate surface area is 103 Å². The zero-order valence-corrected chi connectivity index (χ0v) is 11.8. The van der Waals surface area contributed by atoms with Gasteiger partial charge in [0.2, 0.25) is 0 Å². The molecule has 0 aliphatic carbocycles. The van der Waals surface area contributed by atoms with Crippen LogP contribution >= 0.6 is 22.8 Å². The molecule has 9 nitrogen and oxygen atoms in total. The second-order valence-corrected chi connectivity index (χ2v) is 9.05. The van der Waals surface area contributed by atoms with Crippen molar-refractivity contribution in [1.82, 2.24) is 0 Å². The normalized spacial score (nSPS) is 14.6. The Balaban J connectivity index is 4.42. The second-order valence-electron chi connectivity index (χ2n) is 3.56. The van der Waals surface area contributed by atoms with Crippen LogP contribution in [-0.4, -0.2) is 34.8 Å². The third-order valence-electron chi connectivity index (χ3n) is 1.91. The molecule has 0 aliphatic heterocycles. The largest absolute Gasteiger partial charge is 0.348 e. The summed E-state index contributed by atoms with van der Waals surface area (Å²) in [4.78, 5) is 52.0. The maximum atomic E-state index is 10.9. The number of hydrogen-bond donors (Lipinski definition) is 6. The van der Waals surface area contributed by atoms with E-state index in [4.69, 9.17) is 29.4 Å². The molecule has 6 N–H and O–H groups in total. The molecule has 0 aromatic heterocycles. The van der Waals surface area contributed by atoms with E-state index < -0.39 is 34.6 Å². The Morgan fingerprint density at radius 3 is 1.67 bits per heavy atom. The summed E-state index contributed by atoms with van der Waals surface area (Å²) in [6, 6.07) is 0. The zero-order valence-electron chi connectivity index (χ0n) is 9.10. The van der Waals surface area contributed by atoms with E-state index in [1.54, 1.807) is 0 Å². The molecule has 0 aromatic carbocycles. The molecular weight excluding hydrogens is 309 g/mol. The Kier molecular flexibility index (Phi) is 6.64. The molecule has 12 heteroatoms. The van der Waals surface area contributed by atoms with Crippen molar-refractivity contribution in [2.45, 2.75) is 24.7 Å². The molecule has 0 rings (SSSR count). The highest BCUT2D eigenvalue weighted by molar-refractivity contribution is 7.70. The van der Waals surface area contributed by atoms with E-state index in [0.29, 0.717) is 5.82 Å². The number of hydrogen-bond acceptors (Lipinski definition) is 3. The van der Waals surface area contributed by atoms with Crippen molar-refractivity contribution in [2.75, 3.05) is 0 Å². The summed E-state index contributed by atoms with van der Waals surface area (Å²) in [5, 5.41) is -2.08. The Morgan fingerprint density at radius 1 is 0.889 bits per heavy atom. The van der Waals surface area contributed by atoms with Gasteiger partial charge in [0, 0.05) is 5.82 Å². The van der Waals surface area contributed by atoms with Gasteiger partial charge in [-0.2, -0.15) is 0 Å². The molecule has 0 spiro atoms. The molecule has 0 atom stereocenters. The molecule has 0 aromatic rings. The fourth-order valence-corrected chi connectivity index (χ4v) is 4.19. The quantitative estimate of drug-likeness (QED) is 0.288. The molecular formula is C6H15O9P3. The number of unbranched alkanes of at least 4 members (excludes halogenated alkanes) is 1. The Bertz CT molecular complexity index is 404. The minimum Gasteiger partial charge on any atom is -0.324 e. The second kappa shape index (κ2) is 6.57. The molecule has 0 radical (unpaired) electrons. The van der Waals surface area contributed by atoms with Gasteiger partial charge in [-0.25, -0.2) is 0 Å². The molecule has 0 saturated carbocycles. The predicted molar refractivity (Wildman–Crippen MR) is 62.9 cm³/mol. The molecule has 0 bridgehead atoms. The topological polar surface area (TPSA) is 173 Å². The molecule has 0 saturated heterocycles. The highest BCUT2D eigenvalue weighted by Crippen LogP contribution is 2.61. The smallest absolute Gasteiger partial charge is 0.324 e. The van der Waals surface area contributed by atoms with Crippen molar-refractivity contribution in [1.29, 1.82) is 0 Å². The fourth-order valence-electron chi connectivity index (χ4n) is 1.16. The van der Waals surface area contributed by atoms with Crippen molar-refractivity contribution >= 4 is 22.8 Å². The van der Waals surface area contributed by atoms with Crippen molar-refractivity contribution in [3.05, 3.63) is 11.9 Å². The average molecular weight is 324 g/mol. The third-order valence-corrected chi connectivity index (χ3v) is 6.38. The molecule has 18 heavy (non-hydrogen) atoms. The minimum atomic E-state index is -4.92. The minimum absolute atomic E-state index is 0.0165. The van der Waals surface area contributed by atoms with E-state index in [1.807, 2.05) is 0 Å². The SMILES string of the molecule is O=P(O)(O)C=CCCCC(P(=O)(O)O)P(=O)(O)O. The summed E-state index contributed by atoms with van der Waals surface area (Å²) in [6.45, 7) is 0. The summed E-state index contributed by atoms with van der Waals surface area (Å²) in [5.41, 5.74) is 0. The maximum Gasteiger partial charge on any atom is 0.348 e. The lowest BCUT2D eigenvalue weighted by Crippen LogP contribution is -2.08. The summed E-state index contributed by atoms with van der Waals surface area (Å²) >= 11 is 0. The van der Waals surface area contributed by atoms with Gasteiger partial charge in [0.1, 0.15) is 0 Å². The fraction of sp³-hybridized carbons (Fsp3) is 0.667. The van der Waals surface area contributed by atoms with E-state index in [0.717, 1.165) is 6.08 Å². The van der Waals surface area contributed by atoms with Gasteiger partial charge in [0.05, 0.1) is 0 Å². The van der Waals surface area contributed by atoms with Crippen LogP contribution < -0.4 is 0 Å². The van der Waals surface area contributed by atoms with E-state index >= 15 is 0 Å². The van der Waals surface area contributed by atoms with Crippen molar-refractivity contribution in [3.8, 4) is 0 Å². The van der Waals surface area contributed by atoms with Crippen LogP contribution in [0.25, 0.3) is 0 Å². The standard InChI is InChI=1S/C6H15O9P3/c7-16(8,9)5-3-1-2-4-6(17(10,11)12)18(13,14)15/h3,5-6H,1-2,4H2,(H2,7,8,9)(H2,10,11,12)(H2,13,14,15). The van der Waals surface area contributed by atoms with Gasteiger partial charge in [-0.3, -0.25) is 13.7 Å². The van der Waals surface area contributed by atoms with Crippen LogP contribution in [0.4, 0.5) is 0 Å². The van der Waals surface area contributed by atoms with Gasteiger partial charge in [0.25, 0.3) is 0 Å². The Morgan fingerprint density at radius 2 is 1.33 bits per heavy atom. The lowest BCUT2D eigenvalue weighted by molar-refractivity contribution is 0.334. The molecule has 108 valence electrons. The van der Waals surface area contributed by atoms with Crippen LogP contribution in [-0.2, 0) is 13.7 Å². The van der Waals surface area contributed by atoms with Gasteiger partial charge >= 0.3 is 22.8 Å². The van der Waals surface area contributed by atoms with Crippen LogP contribution in [0.15, 0.2) is 11.9 Å². The van der Waals surface area contributed by atoms with Crippen LogP contribution in [0.3, 0.4) is 0 Å². The first-order valence-electron chi connectivity index (χ1n) is 4.67. The molecule has 0 fully saturated rings. The van der Waals surface area contributed by atoms with E-state index in [-0.39, 0.29) is 12.8 Å². The summed E-state index contributed by atoms with van der Waals surface area (Å²) in [5.74, 6) is 0.622. The highest BCUT2D eigenvalue weighted by Gasteiger charge is 2.42. The Hall–Kier alpha value is 0.190. The molecule has 0 amide bonds. The molecule has 0 unspecified atom stereocenters. The first-order chi connectivity index (χ1) is 7.84. The van der Waals surface area contributed by atoms with E-state index in [9.17, 15) is 13.7 Å². The van der Waals surface area contributed by atoms with Gasteiger partial charge in [-0.05, 0) is 19.3 Å². The van der Waals surface area contributed by atoms with Gasteiger partial charge in [-0.1, -0.05) is 6.08 Å². The average Bonchev–Trinajstić information content (AvgIpc) is 2.04. The summed E-state index contributed by atoms with van der Waals surface area (Å²) in [7, 11) is -14.1. The van der Waals surface area contributed by atoms with Crippen LogP contribution in [0.2, 0.25) is 0 Å². The number of rotatable bonds is 7. The predicted octanol–water partition coefficient (Wildman–Crippen LogP) is 0.530. The van der Waals surface area contributed by atoms with Crippen LogP contribution in [0, 0.1) is 0 Å². The van der Waals surface area contributed by atoms with Crippen molar-refractivity contribution in [2.24, 2.45) is 0 Å². The van der Waals surface area contributed by atoms with Crippen molar-refractivity contribution in [3.63, 3.8) is 0 Å². The zero-order chi connectivity index (χ0) is 14.6. The first-order valence-corrected chi connectivity index (χ1v) is 9.72. The first kappa shape index (κ1) is 18.2. The molecule has 0 aliphatic rings. The molecule has 0 heterocycles. The lowest BCUT2D eigenvalue weighted by atomic mass is 10.2. The monoisotopic (exact) mass is 324 g/mol. The maximum absolute atomic E-state index is 10.9. The van der Waals surface area contributed by atoms with E-state index in [2.05, 4.69) is 0 Å². The van der Waals surface area contributed by atoms with Gasteiger partial charge < -0.3 is 29.4 Å². The summed E-state index contributed by atoms with van der Waals surface area (Å²) in [6.07, 6.45) is 0.677. The van der Waals surface area contributed by atoms with E-state index in [1.165, 1.54) is 0 Å². The van der Waals surface area contributed by atoms with Crippen LogP contribution in [0.1, 0.15) is 19.3 Å². The third kappa shape index (κ3) is 8.32. The van der Waals surface area contributed by atoms with Crippen LogP contribution in [0.5, 0.6) is 0 Å². The van der Waals surface area contributed by atoms with Gasteiger partial charge in [0.15, 0.2) is 5.40 Å². The lowest BCUT2D eigenvalue weighted by Gasteiger charge is -2.18. The number of allylic oxidation sites excluding steroid dienone is 1.